The number of carbonyl (C=O) groups excluding carboxylic acids is 1. The van der Waals surface area contributed by atoms with E-state index < -0.39 is 0 Å². The number of nitrogens with one attached hydrogen (secondary N) is 1. The van der Waals surface area contributed by atoms with Crippen LogP contribution in [0.15, 0.2) is 24.3 Å². The summed E-state index contributed by atoms with van der Waals surface area (Å²) in [7, 11) is 0. The summed E-state index contributed by atoms with van der Waals surface area (Å²) in [6.45, 7) is 0. The molecule has 0 saturated heterocycles. The minimum absolute atomic E-state index is 0.0209. The molecule has 0 atom stereocenters. The van der Waals surface area contributed by atoms with E-state index in [0.717, 1.165) is 24.8 Å². The molecule has 1 saturated carbocycles. The lowest BCUT2D eigenvalue weighted by atomic mass is 9.78. The lowest BCUT2D eigenvalue weighted by Crippen LogP contribution is -2.55. The van der Waals surface area contributed by atoms with Crippen LogP contribution >= 0.6 is 23.2 Å². The van der Waals surface area contributed by atoms with Crippen molar-refractivity contribution < 1.29 is 4.79 Å². The summed E-state index contributed by atoms with van der Waals surface area (Å²) in [5, 5.41) is 3.69. The normalized spacial score (nSPS) is 17.3. The fraction of sp³-hybridized carbons (Fsp3) is 0.462. The molecule has 1 aliphatic carbocycles. The lowest BCUT2D eigenvalue weighted by Gasteiger charge is -2.41. The van der Waals surface area contributed by atoms with E-state index in [2.05, 4.69) is 5.32 Å². The van der Waals surface area contributed by atoms with Crippen LogP contribution in [-0.4, -0.2) is 17.3 Å². The van der Waals surface area contributed by atoms with Crippen LogP contribution < -0.4 is 5.32 Å². The Balaban J connectivity index is 1.93. The molecule has 1 N–H and O–H groups in total. The molecule has 0 aliphatic heterocycles. The zero-order valence-electron chi connectivity index (χ0n) is 9.51. The van der Waals surface area contributed by atoms with Crippen LogP contribution in [0.2, 0.25) is 5.02 Å². The fourth-order valence-corrected chi connectivity index (χ4v) is 2.61. The maximum absolute atomic E-state index is 11.9. The summed E-state index contributed by atoms with van der Waals surface area (Å²) in [4.78, 5) is 11.9. The van der Waals surface area contributed by atoms with Crippen molar-refractivity contribution >= 4 is 29.1 Å². The molecule has 0 heterocycles. The van der Waals surface area contributed by atoms with Gasteiger partial charge in [0.25, 0.3) is 0 Å². The van der Waals surface area contributed by atoms with E-state index >= 15 is 0 Å². The standard InChI is InChI=1S/C13H15Cl2NO/c14-9-13(5-2-6-13)16-12(17)8-10-3-1-4-11(15)7-10/h1,3-4,7H,2,5-6,8-9H2,(H,16,17). The average Bonchev–Trinajstić information content (AvgIpc) is 2.23. The van der Waals surface area contributed by atoms with Crippen molar-refractivity contribution in [3.63, 3.8) is 0 Å². The van der Waals surface area contributed by atoms with E-state index in [1.165, 1.54) is 0 Å². The van der Waals surface area contributed by atoms with Crippen molar-refractivity contribution in [3.8, 4) is 0 Å². The number of hydrogen-bond acceptors (Lipinski definition) is 1. The van der Waals surface area contributed by atoms with Crippen LogP contribution in [0.25, 0.3) is 0 Å². The van der Waals surface area contributed by atoms with Gasteiger partial charge < -0.3 is 5.32 Å². The average molecular weight is 272 g/mol. The Hall–Kier alpha value is -0.730. The highest BCUT2D eigenvalue weighted by Gasteiger charge is 2.37. The molecule has 1 aromatic rings. The molecule has 1 fully saturated rings. The molecule has 0 unspecified atom stereocenters. The Labute approximate surface area is 111 Å². The number of hydrogen-bond donors (Lipinski definition) is 1. The second kappa shape index (κ2) is 5.28. The van der Waals surface area contributed by atoms with Crippen molar-refractivity contribution in [1.29, 1.82) is 0 Å². The quantitative estimate of drug-likeness (QED) is 0.838. The Morgan fingerprint density at radius 1 is 1.41 bits per heavy atom. The van der Waals surface area contributed by atoms with E-state index in [9.17, 15) is 4.79 Å². The van der Waals surface area contributed by atoms with Gasteiger partial charge in [0.15, 0.2) is 0 Å². The largest absolute Gasteiger partial charge is 0.349 e. The molecule has 2 rings (SSSR count). The van der Waals surface area contributed by atoms with Gasteiger partial charge in [-0.25, -0.2) is 0 Å². The van der Waals surface area contributed by atoms with Gasteiger partial charge in [0.2, 0.25) is 5.91 Å². The van der Waals surface area contributed by atoms with E-state index in [1.807, 2.05) is 18.2 Å². The molecule has 0 bridgehead atoms. The molecule has 2 nitrogen and oxygen atoms in total. The lowest BCUT2D eigenvalue weighted by molar-refractivity contribution is -0.123. The summed E-state index contributed by atoms with van der Waals surface area (Å²) in [6, 6.07) is 7.37. The van der Waals surface area contributed by atoms with Crippen molar-refractivity contribution in [3.05, 3.63) is 34.9 Å². The van der Waals surface area contributed by atoms with Crippen LogP contribution in [0.4, 0.5) is 0 Å². The molecule has 92 valence electrons. The number of benzene rings is 1. The molecule has 1 aliphatic rings. The van der Waals surface area contributed by atoms with Crippen LogP contribution in [-0.2, 0) is 11.2 Å². The Morgan fingerprint density at radius 3 is 2.71 bits per heavy atom. The third-order valence-electron chi connectivity index (χ3n) is 3.22. The molecule has 0 spiro atoms. The second-order valence-corrected chi connectivity index (χ2v) is 5.33. The summed E-state index contributed by atoms with van der Waals surface area (Å²) in [5.74, 6) is 0.515. The van der Waals surface area contributed by atoms with Gasteiger partial charge >= 0.3 is 0 Å². The predicted octanol–water partition coefficient (Wildman–Crippen LogP) is 3.16. The molecular weight excluding hydrogens is 257 g/mol. The van der Waals surface area contributed by atoms with Crippen molar-refractivity contribution in [2.24, 2.45) is 0 Å². The van der Waals surface area contributed by atoms with Gasteiger partial charge in [-0.15, -0.1) is 11.6 Å². The molecule has 4 heteroatoms. The molecule has 1 aromatic carbocycles. The minimum Gasteiger partial charge on any atom is -0.349 e. The summed E-state index contributed by atoms with van der Waals surface area (Å²) >= 11 is 11.8. The number of amides is 1. The van der Waals surface area contributed by atoms with Gasteiger partial charge in [0, 0.05) is 10.9 Å². The highest BCUT2D eigenvalue weighted by molar-refractivity contribution is 6.30. The molecule has 1 amide bonds. The SMILES string of the molecule is O=C(Cc1cccc(Cl)c1)NC1(CCl)CCC1. The topological polar surface area (TPSA) is 29.1 Å². The van der Waals surface area contributed by atoms with Crippen molar-refractivity contribution in [1.82, 2.24) is 5.32 Å². The number of alkyl halides is 1. The van der Waals surface area contributed by atoms with Crippen molar-refractivity contribution in [2.75, 3.05) is 5.88 Å². The molecule has 17 heavy (non-hydrogen) atoms. The van der Waals surface area contributed by atoms with Crippen LogP contribution in [0.3, 0.4) is 0 Å². The second-order valence-electron chi connectivity index (χ2n) is 4.62. The molecular formula is C13H15Cl2NO. The third kappa shape index (κ3) is 3.14. The summed E-state index contributed by atoms with van der Waals surface area (Å²) < 4.78 is 0. The Bertz CT molecular complexity index is 410. The zero-order chi connectivity index (χ0) is 12.3. The number of rotatable bonds is 4. The number of carbonyl (C=O) groups is 1. The number of halogens is 2. The van der Waals surface area contributed by atoms with Gasteiger partial charge in [-0.05, 0) is 37.0 Å². The fourth-order valence-electron chi connectivity index (χ4n) is 2.07. The maximum Gasteiger partial charge on any atom is 0.224 e. The van der Waals surface area contributed by atoms with Gasteiger partial charge in [-0.2, -0.15) is 0 Å². The van der Waals surface area contributed by atoms with Gasteiger partial charge in [-0.3, -0.25) is 4.79 Å². The molecule has 0 aromatic heterocycles. The summed E-state index contributed by atoms with van der Waals surface area (Å²) in [6.07, 6.45) is 3.47. The first kappa shape index (κ1) is 12.7. The smallest absolute Gasteiger partial charge is 0.224 e. The Kier molecular flexibility index (Phi) is 3.95. The zero-order valence-corrected chi connectivity index (χ0v) is 11.0. The van der Waals surface area contributed by atoms with E-state index in [0.29, 0.717) is 17.3 Å². The first-order valence-electron chi connectivity index (χ1n) is 5.75. The van der Waals surface area contributed by atoms with E-state index in [1.54, 1.807) is 6.07 Å². The van der Waals surface area contributed by atoms with Gasteiger partial charge in [0.05, 0.1) is 12.0 Å². The first-order valence-corrected chi connectivity index (χ1v) is 6.66. The third-order valence-corrected chi connectivity index (χ3v) is 3.97. The van der Waals surface area contributed by atoms with Crippen LogP contribution in [0.1, 0.15) is 24.8 Å². The van der Waals surface area contributed by atoms with Gasteiger partial charge in [0.1, 0.15) is 0 Å². The first-order chi connectivity index (χ1) is 8.13. The van der Waals surface area contributed by atoms with E-state index in [-0.39, 0.29) is 11.4 Å². The Morgan fingerprint density at radius 2 is 2.18 bits per heavy atom. The highest BCUT2D eigenvalue weighted by Crippen LogP contribution is 2.32. The van der Waals surface area contributed by atoms with Crippen LogP contribution in [0, 0.1) is 0 Å². The van der Waals surface area contributed by atoms with E-state index in [4.69, 9.17) is 23.2 Å². The van der Waals surface area contributed by atoms with Crippen LogP contribution in [0.5, 0.6) is 0 Å². The monoisotopic (exact) mass is 271 g/mol. The predicted molar refractivity (Wildman–Crippen MR) is 70.6 cm³/mol. The van der Waals surface area contributed by atoms with Crippen molar-refractivity contribution in [2.45, 2.75) is 31.2 Å². The maximum atomic E-state index is 11.9. The minimum atomic E-state index is -0.156. The highest BCUT2D eigenvalue weighted by atomic mass is 35.5. The summed E-state index contributed by atoms with van der Waals surface area (Å²) in [5.41, 5.74) is 0.774. The van der Waals surface area contributed by atoms with Gasteiger partial charge in [-0.1, -0.05) is 23.7 Å². The molecule has 0 radical (unpaired) electrons.